The first-order chi connectivity index (χ1) is 15.1. The maximum absolute atomic E-state index is 12.8. The Labute approximate surface area is 193 Å². The zero-order valence-electron chi connectivity index (χ0n) is 16.9. The molecular weight excluding hydrogens is 468 g/mol. The molecule has 2 aromatic rings. The minimum atomic E-state index is -4.50. The molecule has 0 aliphatic carbocycles. The largest absolute Gasteiger partial charge is 0.417 e. The van der Waals surface area contributed by atoms with Crippen molar-refractivity contribution in [1.29, 1.82) is 0 Å². The van der Waals surface area contributed by atoms with Crippen LogP contribution in [0.2, 0.25) is 10.0 Å². The molecule has 3 heterocycles. The predicted molar refractivity (Wildman–Crippen MR) is 115 cm³/mol. The smallest absolute Gasteiger partial charge is 0.390 e. The number of hydrogen-bond acceptors (Lipinski definition) is 5. The van der Waals surface area contributed by atoms with Crippen LogP contribution >= 0.6 is 23.2 Å². The standard InChI is InChI=1S/C21H21Cl2F3N4O2/c22-15-3-1-13(2-4-15)20(32)30-11-17(18(31)12-30)28-5-7-29(8-6-28)19-16(23)9-14(10-27-19)21(24,25)26/h1-4,9-10,17-18,31H,5-8,11-12H2. The van der Waals surface area contributed by atoms with Crippen LogP contribution in [0.3, 0.4) is 0 Å². The second-order valence-corrected chi connectivity index (χ2v) is 8.75. The normalized spacial score (nSPS) is 22.4. The molecule has 0 bridgehead atoms. The first-order valence-electron chi connectivity index (χ1n) is 10.1. The van der Waals surface area contributed by atoms with E-state index in [9.17, 15) is 23.1 Å². The molecule has 4 rings (SSSR count). The molecule has 2 saturated heterocycles. The maximum Gasteiger partial charge on any atom is 0.417 e. The number of likely N-dealkylation sites (tertiary alicyclic amines) is 1. The number of anilines is 1. The summed E-state index contributed by atoms with van der Waals surface area (Å²) in [5.74, 6) is 0.147. The van der Waals surface area contributed by atoms with Crippen molar-refractivity contribution >= 4 is 34.9 Å². The highest BCUT2D eigenvalue weighted by Crippen LogP contribution is 2.34. The van der Waals surface area contributed by atoms with Crippen molar-refractivity contribution in [2.45, 2.75) is 18.3 Å². The molecule has 1 aromatic heterocycles. The van der Waals surface area contributed by atoms with Crippen molar-refractivity contribution in [3.05, 3.63) is 57.7 Å². The number of aromatic nitrogens is 1. The number of alkyl halides is 3. The van der Waals surface area contributed by atoms with E-state index in [4.69, 9.17) is 23.2 Å². The predicted octanol–water partition coefficient (Wildman–Crippen LogP) is 3.41. The van der Waals surface area contributed by atoms with Gasteiger partial charge in [-0.1, -0.05) is 23.2 Å². The second-order valence-electron chi connectivity index (χ2n) is 7.90. The van der Waals surface area contributed by atoms with Gasteiger partial charge in [0, 0.05) is 56.1 Å². The van der Waals surface area contributed by atoms with Gasteiger partial charge in [-0.25, -0.2) is 4.98 Å². The van der Waals surface area contributed by atoms with Crippen molar-refractivity contribution in [1.82, 2.24) is 14.8 Å². The topological polar surface area (TPSA) is 59.9 Å². The third-order valence-electron chi connectivity index (χ3n) is 5.87. The molecule has 172 valence electrons. The number of halogens is 5. The molecule has 0 spiro atoms. The maximum atomic E-state index is 12.8. The Bertz CT molecular complexity index is 982. The molecule has 1 amide bonds. The highest BCUT2D eigenvalue weighted by molar-refractivity contribution is 6.33. The summed E-state index contributed by atoms with van der Waals surface area (Å²) in [6.07, 6.45) is -4.40. The van der Waals surface area contributed by atoms with Crippen LogP contribution in [-0.4, -0.2) is 77.2 Å². The van der Waals surface area contributed by atoms with Crippen molar-refractivity contribution in [3.63, 3.8) is 0 Å². The number of piperazine rings is 1. The first-order valence-corrected chi connectivity index (χ1v) is 10.8. The van der Waals surface area contributed by atoms with Crippen LogP contribution in [-0.2, 0) is 6.18 Å². The van der Waals surface area contributed by atoms with Crippen molar-refractivity contribution < 1.29 is 23.1 Å². The van der Waals surface area contributed by atoms with Gasteiger partial charge in [0.15, 0.2) is 0 Å². The van der Waals surface area contributed by atoms with Crippen LogP contribution < -0.4 is 4.90 Å². The quantitative estimate of drug-likeness (QED) is 0.717. The second kappa shape index (κ2) is 9.05. The molecule has 2 aliphatic rings. The number of carbonyl (C=O) groups excluding carboxylic acids is 1. The van der Waals surface area contributed by atoms with Gasteiger partial charge in [0.05, 0.1) is 22.7 Å². The van der Waals surface area contributed by atoms with E-state index in [1.807, 2.05) is 4.90 Å². The molecule has 0 radical (unpaired) electrons. The number of nitrogens with zero attached hydrogens (tertiary/aromatic N) is 4. The van der Waals surface area contributed by atoms with E-state index in [2.05, 4.69) is 9.88 Å². The summed E-state index contributed by atoms with van der Waals surface area (Å²) < 4.78 is 38.5. The number of carbonyl (C=O) groups is 1. The first kappa shape index (κ1) is 23.1. The fourth-order valence-corrected chi connectivity index (χ4v) is 4.56. The lowest BCUT2D eigenvalue weighted by molar-refractivity contribution is -0.137. The van der Waals surface area contributed by atoms with E-state index in [1.165, 1.54) is 0 Å². The van der Waals surface area contributed by atoms with Crippen LogP contribution in [0.4, 0.5) is 19.0 Å². The fourth-order valence-electron chi connectivity index (χ4n) is 4.15. The molecule has 2 unspecified atom stereocenters. The lowest BCUT2D eigenvalue weighted by atomic mass is 10.1. The molecule has 1 N–H and O–H groups in total. The molecule has 1 aromatic carbocycles. The highest BCUT2D eigenvalue weighted by Gasteiger charge is 2.39. The van der Waals surface area contributed by atoms with E-state index < -0.39 is 17.8 Å². The molecule has 32 heavy (non-hydrogen) atoms. The van der Waals surface area contributed by atoms with Crippen LogP contribution in [0.15, 0.2) is 36.5 Å². The number of rotatable bonds is 3. The Morgan fingerprint density at radius 2 is 1.72 bits per heavy atom. The Morgan fingerprint density at radius 1 is 1.06 bits per heavy atom. The van der Waals surface area contributed by atoms with Gasteiger partial charge in [-0.2, -0.15) is 13.2 Å². The summed E-state index contributed by atoms with van der Waals surface area (Å²) >= 11 is 11.9. The van der Waals surface area contributed by atoms with Gasteiger partial charge in [0.1, 0.15) is 5.82 Å². The van der Waals surface area contributed by atoms with Crippen molar-refractivity contribution in [3.8, 4) is 0 Å². The van der Waals surface area contributed by atoms with Gasteiger partial charge >= 0.3 is 6.18 Å². The van der Waals surface area contributed by atoms with Crippen molar-refractivity contribution in [2.24, 2.45) is 0 Å². The highest BCUT2D eigenvalue weighted by atomic mass is 35.5. The summed E-state index contributed by atoms with van der Waals surface area (Å²) in [5, 5.41) is 11.1. The number of β-amino-alcohol motifs (C(OH)–C–C–N with tert-alkyl or cyclic N) is 1. The summed E-state index contributed by atoms with van der Waals surface area (Å²) in [6.45, 7) is 2.73. The van der Waals surface area contributed by atoms with E-state index in [1.54, 1.807) is 29.2 Å². The number of aliphatic hydroxyl groups is 1. The third-order valence-corrected chi connectivity index (χ3v) is 6.40. The Kier molecular flexibility index (Phi) is 6.53. The summed E-state index contributed by atoms with van der Waals surface area (Å²) in [7, 11) is 0. The minimum absolute atomic E-state index is 0.0473. The van der Waals surface area contributed by atoms with Crippen LogP contribution in [0.1, 0.15) is 15.9 Å². The number of hydrogen-bond donors (Lipinski definition) is 1. The number of benzene rings is 1. The lowest BCUT2D eigenvalue weighted by Crippen LogP contribution is -2.54. The number of pyridine rings is 1. The van der Waals surface area contributed by atoms with Crippen LogP contribution in [0.5, 0.6) is 0 Å². The fraction of sp³-hybridized carbons (Fsp3) is 0.429. The van der Waals surface area contributed by atoms with Gasteiger partial charge < -0.3 is 14.9 Å². The van der Waals surface area contributed by atoms with E-state index in [0.29, 0.717) is 49.1 Å². The van der Waals surface area contributed by atoms with Gasteiger partial charge in [0.2, 0.25) is 0 Å². The molecule has 11 heteroatoms. The molecular formula is C21H21Cl2F3N4O2. The zero-order chi connectivity index (χ0) is 23.0. The molecule has 0 saturated carbocycles. The summed E-state index contributed by atoms with van der Waals surface area (Å²) in [5.41, 5.74) is -0.375. The Morgan fingerprint density at radius 3 is 2.31 bits per heavy atom. The number of amides is 1. The van der Waals surface area contributed by atoms with E-state index in [-0.39, 0.29) is 23.5 Å². The lowest BCUT2D eigenvalue weighted by Gasteiger charge is -2.39. The van der Waals surface area contributed by atoms with Gasteiger partial charge in [-0.3, -0.25) is 9.69 Å². The van der Waals surface area contributed by atoms with Gasteiger partial charge in [-0.15, -0.1) is 0 Å². The monoisotopic (exact) mass is 488 g/mol. The molecule has 2 fully saturated rings. The van der Waals surface area contributed by atoms with Crippen LogP contribution in [0, 0.1) is 0 Å². The SMILES string of the molecule is O=C(c1ccc(Cl)cc1)N1CC(O)C(N2CCN(c3ncc(C(F)(F)F)cc3Cl)CC2)C1. The third kappa shape index (κ3) is 4.80. The van der Waals surface area contributed by atoms with Gasteiger partial charge in [-0.05, 0) is 30.3 Å². The molecule has 2 atom stereocenters. The average molecular weight is 489 g/mol. The summed E-state index contributed by atoms with van der Waals surface area (Å²) in [6, 6.07) is 7.28. The average Bonchev–Trinajstić information content (AvgIpc) is 3.15. The minimum Gasteiger partial charge on any atom is -0.390 e. The van der Waals surface area contributed by atoms with E-state index >= 15 is 0 Å². The molecule has 2 aliphatic heterocycles. The molecule has 6 nitrogen and oxygen atoms in total. The van der Waals surface area contributed by atoms with Crippen LogP contribution in [0.25, 0.3) is 0 Å². The van der Waals surface area contributed by atoms with Gasteiger partial charge in [0.25, 0.3) is 5.91 Å². The van der Waals surface area contributed by atoms with Crippen molar-refractivity contribution in [2.75, 3.05) is 44.2 Å². The summed E-state index contributed by atoms with van der Waals surface area (Å²) in [4.78, 5) is 22.2. The zero-order valence-corrected chi connectivity index (χ0v) is 18.4. The Hall–Kier alpha value is -2.07. The number of aliphatic hydroxyl groups excluding tert-OH is 1. The van der Waals surface area contributed by atoms with E-state index in [0.717, 1.165) is 12.3 Å². The Balaban J connectivity index is 1.37.